The zero-order valence-electron chi connectivity index (χ0n) is 17.7. The van der Waals surface area contributed by atoms with Gasteiger partial charge in [-0.1, -0.05) is 0 Å². The van der Waals surface area contributed by atoms with Crippen molar-refractivity contribution in [1.29, 1.82) is 0 Å². The zero-order valence-corrected chi connectivity index (χ0v) is 17.7. The van der Waals surface area contributed by atoms with Crippen LogP contribution in [0.3, 0.4) is 0 Å². The normalized spacial score (nSPS) is 15.6. The minimum atomic E-state index is -0.982. The highest BCUT2D eigenvalue weighted by Crippen LogP contribution is 2.16. The van der Waals surface area contributed by atoms with E-state index in [1.165, 1.54) is 24.3 Å². The van der Waals surface area contributed by atoms with Gasteiger partial charge in [-0.3, -0.25) is 34.3 Å². The maximum absolute atomic E-state index is 12.7. The van der Waals surface area contributed by atoms with Crippen LogP contribution < -0.4 is 32.7 Å². The molecule has 4 amide bonds. The van der Waals surface area contributed by atoms with Crippen LogP contribution in [0.4, 0.5) is 11.4 Å². The molecule has 1 aromatic carbocycles. The minimum absolute atomic E-state index is 0.104. The number of benzene rings is 1. The number of amides is 4. The second kappa shape index (κ2) is 12.0. The lowest BCUT2D eigenvalue weighted by molar-refractivity contribution is -0.384. The summed E-state index contributed by atoms with van der Waals surface area (Å²) < 4.78 is 0. The SMILES string of the molecule is NC(N)=NCCC[C@H](NC(=O)CNC(=O)[C@H]1CCC(=O)N1)C(=O)Nc1ccc([N+](=O)[O-])cc1. The fraction of sp³-hybridized carbons (Fsp3) is 0.421. The second-order valence-electron chi connectivity index (χ2n) is 7.24. The van der Waals surface area contributed by atoms with Crippen molar-refractivity contribution in [2.45, 2.75) is 37.8 Å². The Bertz CT molecular complexity index is 929. The van der Waals surface area contributed by atoms with Gasteiger partial charge in [0.05, 0.1) is 11.5 Å². The van der Waals surface area contributed by atoms with Crippen molar-refractivity contribution < 1.29 is 24.1 Å². The molecule has 0 aromatic heterocycles. The number of aliphatic imine (C=N–C) groups is 1. The van der Waals surface area contributed by atoms with E-state index in [2.05, 4.69) is 26.3 Å². The van der Waals surface area contributed by atoms with Gasteiger partial charge in [-0.05, 0) is 31.4 Å². The molecule has 0 aliphatic carbocycles. The Morgan fingerprint density at radius 3 is 2.52 bits per heavy atom. The molecule has 0 radical (unpaired) electrons. The quantitative estimate of drug-likeness (QED) is 0.0741. The number of non-ortho nitro benzene ring substituents is 1. The van der Waals surface area contributed by atoms with Crippen LogP contribution in [-0.2, 0) is 19.2 Å². The predicted octanol–water partition coefficient (Wildman–Crippen LogP) is -1.53. The number of hydrogen-bond acceptors (Lipinski definition) is 7. The molecule has 33 heavy (non-hydrogen) atoms. The van der Waals surface area contributed by atoms with Crippen LogP contribution >= 0.6 is 0 Å². The largest absolute Gasteiger partial charge is 0.370 e. The van der Waals surface area contributed by atoms with Gasteiger partial charge < -0.3 is 32.7 Å². The first-order valence-electron chi connectivity index (χ1n) is 10.1. The van der Waals surface area contributed by atoms with Crippen molar-refractivity contribution in [1.82, 2.24) is 16.0 Å². The summed E-state index contributed by atoms with van der Waals surface area (Å²) in [7, 11) is 0. The van der Waals surface area contributed by atoms with Crippen LogP contribution in [-0.4, -0.2) is 59.7 Å². The van der Waals surface area contributed by atoms with Gasteiger partial charge in [0.2, 0.25) is 23.6 Å². The van der Waals surface area contributed by atoms with E-state index in [0.717, 1.165) is 0 Å². The van der Waals surface area contributed by atoms with E-state index in [1.54, 1.807) is 0 Å². The summed E-state index contributed by atoms with van der Waals surface area (Å²) in [5.74, 6) is -2.00. The topological polar surface area (TPSA) is 224 Å². The van der Waals surface area contributed by atoms with Gasteiger partial charge in [0, 0.05) is 30.8 Å². The monoisotopic (exact) mass is 462 g/mol. The van der Waals surface area contributed by atoms with Crippen LogP contribution in [0.5, 0.6) is 0 Å². The number of nitrogens with one attached hydrogen (secondary N) is 4. The molecule has 14 heteroatoms. The molecule has 1 aliphatic rings. The molecule has 0 saturated carbocycles. The Labute approximate surface area is 188 Å². The van der Waals surface area contributed by atoms with Crippen molar-refractivity contribution in [3.8, 4) is 0 Å². The lowest BCUT2D eigenvalue weighted by atomic mass is 10.1. The van der Waals surface area contributed by atoms with Gasteiger partial charge in [-0.15, -0.1) is 0 Å². The van der Waals surface area contributed by atoms with Gasteiger partial charge in [0.1, 0.15) is 12.1 Å². The number of hydrogen-bond donors (Lipinski definition) is 6. The van der Waals surface area contributed by atoms with Gasteiger partial charge in [0.25, 0.3) is 5.69 Å². The van der Waals surface area contributed by atoms with Gasteiger partial charge >= 0.3 is 0 Å². The average Bonchev–Trinajstić information content (AvgIpc) is 3.20. The second-order valence-corrected chi connectivity index (χ2v) is 7.24. The van der Waals surface area contributed by atoms with Crippen molar-refractivity contribution in [3.63, 3.8) is 0 Å². The Morgan fingerprint density at radius 2 is 1.94 bits per heavy atom. The molecule has 0 unspecified atom stereocenters. The number of nitro benzene ring substituents is 1. The van der Waals surface area contributed by atoms with E-state index >= 15 is 0 Å². The number of carbonyl (C=O) groups excluding carboxylic acids is 4. The lowest BCUT2D eigenvalue weighted by Crippen LogP contribution is -2.49. The van der Waals surface area contributed by atoms with E-state index in [1.807, 2.05) is 0 Å². The molecule has 0 spiro atoms. The Kier molecular flexibility index (Phi) is 9.08. The minimum Gasteiger partial charge on any atom is -0.370 e. The van der Waals surface area contributed by atoms with Crippen LogP contribution in [0.1, 0.15) is 25.7 Å². The van der Waals surface area contributed by atoms with Crippen LogP contribution in [0.15, 0.2) is 29.3 Å². The molecule has 2 atom stereocenters. The van der Waals surface area contributed by atoms with Crippen LogP contribution in [0.25, 0.3) is 0 Å². The fourth-order valence-electron chi connectivity index (χ4n) is 3.01. The molecule has 2 rings (SSSR count). The molecule has 1 saturated heterocycles. The summed E-state index contributed by atoms with van der Waals surface area (Å²) >= 11 is 0. The van der Waals surface area contributed by atoms with Crippen LogP contribution in [0, 0.1) is 10.1 Å². The number of nitrogens with two attached hydrogens (primary N) is 2. The molecule has 1 heterocycles. The lowest BCUT2D eigenvalue weighted by Gasteiger charge is -2.19. The van der Waals surface area contributed by atoms with Gasteiger partial charge in [0.15, 0.2) is 5.96 Å². The van der Waals surface area contributed by atoms with Crippen molar-refractivity contribution in [2.75, 3.05) is 18.4 Å². The Balaban J connectivity index is 1.94. The highest BCUT2D eigenvalue weighted by Gasteiger charge is 2.28. The molecular formula is C19H26N8O6. The van der Waals surface area contributed by atoms with Crippen LogP contribution in [0.2, 0.25) is 0 Å². The number of nitro groups is 1. The number of carbonyl (C=O) groups is 4. The molecule has 1 aliphatic heterocycles. The van der Waals surface area contributed by atoms with E-state index in [-0.39, 0.29) is 43.5 Å². The molecule has 1 fully saturated rings. The van der Waals surface area contributed by atoms with Crippen molar-refractivity contribution in [2.24, 2.45) is 16.5 Å². The predicted molar refractivity (Wildman–Crippen MR) is 118 cm³/mol. The van der Waals surface area contributed by atoms with Crippen molar-refractivity contribution >= 4 is 41.0 Å². The number of anilines is 1. The molecule has 1 aromatic rings. The third kappa shape index (κ3) is 8.43. The first kappa shape index (κ1) is 25.0. The summed E-state index contributed by atoms with van der Waals surface area (Å²) in [5, 5.41) is 20.8. The Morgan fingerprint density at radius 1 is 1.24 bits per heavy atom. The third-order valence-electron chi connectivity index (χ3n) is 4.68. The summed E-state index contributed by atoms with van der Waals surface area (Å²) in [6.07, 6.45) is 1.15. The van der Waals surface area contributed by atoms with E-state index in [0.29, 0.717) is 18.5 Å². The maximum Gasteiger partial charge on any atom is 0.269 e. The summed E-state index contributed by atoms with van der Waals surface area (Å²) in [5.41, 5.74) is 10.7. The summed E-state index contributed by atoms with van der Waals surface area (Å²) in [6.45, 7) is -0.155. The number of nitrogens with zero attached hydrogens (tertiary/aromatic N) is 2. The maximum atomic E-state index is 12.7. The number of guanidine groups is 1. The molecule has 8 N–H and O–H groups in total. The smallest absolute Gasteiger partial charge is 0.269 e. The van der Waals surface area contributed by atoms with Gasteiger partial charge in [-0.2, -0.15) is 0 Å². The van der Waals surface area contributed by atoms with E-state index in [9.17, 15) is 29.3 Å². The van der Waals surface area contributed by atoms with E-state index in [4.69, 9.17) is 11.5 Å². The Hall–Kier alpha value is -4.23. The summed E-state index contributed by atoms with van der Waals surface area (Å²) in [6, 6.07) is 3.53. The molecule has 178 valence electrons. The zero-order chi connectivity index (χ0) is 24.4. The van der Waals surface area contributed by atoms with Gasteiger partial charge in [-0.25, -0.2) is 0 Å². The summed E-state index contributed by atoms with van der Waals surface area (Å²) in [4.78, 5) is 62.3. The molecular weight excluding hydrogens is 436 g/mol. The first-order chi connectivity index (χ1) is 15.7. The average molecular weight is 462 g/mol. The first-order valence-corrected chi connectivity index (χ1v) is 10.1. The fourth-order valence-corrected chi connectivity index (χ4v) is 3.01. The standard InChI is InChI=1S/C19H26N8O6/c20-19(21)22-9-1-2-13(18(31)24-11-3-5-12(6-4-11)27(32)33)26-16(29)10-23-17(30)14-7-8-15(28)25-14/h3-6,13-14H,1-2,7-10H2,(H,23,30)(H,24,31)(H,25,28)(H,26,29)(H4,20,21,22)/t13-,14+/m0/s1. The number of rotatable bonds is 11. The third-order valence-corrected chi connectivity index (χ3v) is 4.68. The van der Waals surface area contributed by atoms with Crippen molar-refractivity contribution in [3.05, 3.63) is 34.4 Å². The van der Waals surface area contributed by atoms with E-state index < -0.39 is 34.7 Å². The highest BCUT2D eigenvalue weighted by molar-refractivity contribution is 5.98. The molecule has 0 bridgehead atoms. The highest BCUT2D eigenvalue weighted by atomic mass is 16.6. The molecule has 14 nitrogen and oxygen atoms in total.